The summed E-state index contributed by atoms with van der Waals surface area (Å²) in [5, 5.41) is 9.31. The van der Waals surface area contributed by atoms with Gasteiger partial charge >= 0.3 is 0 Å². The van der Waals surface area contributed by atoms with Crippen molar-refractivity contribution in [2.75, 3.05) is 19.3 Å². The SMILES string of the molecule is Cc1nn(Cc2ccccc2Cl)c2sc(C(=O)NC3CCN(S(C)(=O)=O)CC3)cc12. The topological polar surface area (TPSA) is 84.3 Å². The van der Waals surface area contributed by atoms with Gasteiger partial charge in [-0.3, -0.25) is 9.48 Å². The Balaban J connectivity index is 1.49. The quantitative estimate of drug-likeness (QED) is 0.625. The third kappa shape index (κ3) is 4.39. The van der Waals surface area contributed by atoms with E-state index < -0.39 is 10.0 Å². The molecule has 0 radical (unpaired) electrons. The average Bonchev–Trinajstić information content (AvgIpc) is 3.25. The lowest BCUT2D eigenvalue weighted by Gasteiger charge is -2.30. The molecule has 3 aromatic rings. The van der Waals surface area contributed by atoms with Gasteiger partial charge < -0.3 is 5.32 Å². The number of thiophene rings is 1. The number of aryl methyl sites for hydroxylation is 1. The van der Waals surface area contributed by atoms with Gasteiger partial charge in [-0.2, -0.15) is 5.10 Å². The number of amides is 1. The molecule has 1 saturated heterocycles. The highest BCUT2D eigenvalue weighted by atomic mass is 35.5. The summed E-state index contributed by atoms with van der Waals surface area (Å²) in [6, 6.07) is 9.51. The lowest BCUT2D eigenvalue weighted by atomic mass is 10.1. The van der Waals surface area contributed by atoms with Crippen LogP contribution in [0.5, 0.6) is 0 Å². The number of carbonyl (C=O) groups is 1. The molecular formula is C20H23ClN4O3S2. The number of sulfonamides is 1. The average molecular weight is 467 g/mol. The second-order valence-corrected chi connectivity index (χ2v) is 11.0. The molecule has 0 atom stereocenters. The van der Waals surface area contributed by atoms with Crippen molar-refractivity contribution in [2.24, 2.45) is 0 Å². The Bertz CT molecular complexity index is 1190. The monoisotopic (exact) mass is 466 g/mol. The Morgan fingerprint density at radius 2 is 2.00 bits per heavy atom. The molecule has 0 bridgehead atoms. The first kappa shape index (κ1) is 21.3. The number of fused-ring (bicyclic) bond motifs is 1. The third-order valence-electron chi connectivity index (χ3n) is 5.37. The Hall–Kier alpha value is -1.94. The van der Waals surface area contributed by atoms with Crippen molar-refractivity contribution >= 4 is 49.1 Å². The zero-order chi connectivity index (χ0) is 21.5. The second-order valence-electron chi connectivity index (χ2n) is 7.57. The number of nitrogens with one attached hydrogen (secondary N) is 1. The van der Waals surface area contributed by atoms with Crippen LogP contribution in [0.15, 0.2) is 30.3 Å². The zero-order valence-electron chi connectivity index (χ0n) is 16.8. The van der Waals surface area contributed by atoms with Gasteiger partial charge in [-0.15, -0.1) is 11.3 Å². The van der Waals surface area contributed by atoms with Gasteiger partial charge in [0.15, 0.2) is 0 Å². The van der Waals surface area contributed by atoms with E-state index in [1.54, 1.807) is 0 Å². The normalized spacial score (nSPS) is 16.2. The molecule has 0 aliphatic carbocycles. The molecule has 1 aliphatic heterocycles. The Kier molecular flexibility index (Phi) is 5.89. The van der Waals surface area contributed by atoms with E-state index in [9.17, 15) is 13.2 Å². The number of rotatable bonds is 5. The molecular weight excluding hydrogens is 444 g/mol. The summed E-state index contributed by atoms with van der Waals surface area (Å²) in [5.74, 6) is -0.127. The molecule has 30 heavy (non-hydrogen) atoms. The summed E-state index contributed by atoms with van der Waals surface area (Å²) in [5.41, 5.74) is 1.84. The van der Waals surface area contributed by atoms with E-state index in [-0.39, 0.29) is 11.9 Å². The van der Waals surface area contributed by atoms with Crippen LogP contribution in [0.4, 0.5) is 0 Å². The van der Waals surface area contributed by atoms with Crippen molar-refractivity contribution in [3.05, 3.63) is 51.5 Å². The van der Waals surface area contributed by atoms with Crippen LogP contribution in [-0.4, -0.2) is 53.8 Å². The smallest absolute Gasteiger partial charge is 0.261 e. The Morgan fingerprint density at radius 3 is 2.67 bits per heavy atom. The molecule has 1 aliphatic rings. The van der Waals surface area contributed by atoms with E-state index in [0.717, 1.165) is 21.5 Å². The molecule has 1 aromatic carbocycles. The summed E-state index contributed by atoms with van der Waals surface area (Å²) in [6.07, 6.45) is 2.45. The maximum atomic E-state index is 12.8. The van der Waals surface area contributed by atoms with E-state index in [0.29, 0.717) is 42.4 Å². The van der Waals surface area contributed by atoms with E-state index in [1.165, 1.54) is 21.9 Å². The lowest BCUT2D eigenvalue weighted by Crippen LogP contribution is -2.46. The third-order valence-corrected chi connectivity index (χ3v) is 8.19. The molecule has 1 N–H and O–H groups in total. The van der Waals surface area contributed by atoms with Crippen molar-refractivity contribution in [1.29, 1.82) is 0 Å². The molecule has 2 aromatic heterocycles. The van der Waals surface area contributed by atoms with Crippen molar-refractivity contribution in [2.45, 2.75) is 32.4 Å². The predicted octanol–water partition coefficient (Wildman–Crippen LogP) is 3.26. The first-order chi connectivity index (χ1) is 14.2. The van der Waals surface area contributed by atoms with E-state index in [4.69, 9.17) is 11.6 Å². The fourth-order valence-corrected chi connectivity index (χ4v) is 5.84. The highest BCUT2D eigenvalue weighted by Gasteiger charge is 2.26. The van der Waals surface area contributed by atoms with Crippen LogP contribution in [0.1, 0.15) is 33.8 Å². The minimum Gasteiger partial charge on any atom is -0.349 e. The summed E-state index contributed by atoms with van der Waals surface area (Å²) in [6.45, 7) is 3.33. The van der Waals surface area contributed by atoms with Crippen LogP contribution in [0.25, 0.3) is 10.2 Å². The molecule has 1 amide bonds. The number of hydrogen-bond donors (Lipinski definition) is 1. The van der Waals surface area contributed by atoms with Crippen molar-refractivity contribution in [1.82, 2.24) is 19.4 Å². The van der Waals surface area contributed by atoms with Gasteiger partial charge in [-0.1, -0.05) is 29.8 Å². The largest absolute Gasteiger partial charge is 0.349 e. The molecule has 0 saturated carbocycles. The summed E-state index contributed by atoms with van der Waals surface area (Å²) in [4.78, 5) is 14.4. The number of benzene rings is 1. The highest BCUT2D eigenvalue weighted by molar-refractivity contribution is 7.88. The van der Waals surface area contributed by atoms with Gasteiger partial charge in [-0.05, 0) is 37.5 Å². The van der Waals surface area contributed by atoms with Crippen LogP contribution in [-0.2, 0) is 16.6 Å². The lowest BCUT2D eigenvalue weighted by molar-refractivity contribution is 0.0928. The maximum absolute atomic E-state index is 12.8. The first-order valence-electron chi connectivity index (χ1n) is 9.68. The molecule has 4 rings (SSSR count). The molecule has 10 heteroatoms. The molecule has 7 nitrogen and oxygen atoms in total. The molecule has 0 spiro atoms. The summed E-state index contributed by atoms with van der Waals surface area (Å²) < 4.78 is 26.6. The fraction of sp³-hybridized carbons (Fsp3) is 0.400. The van der Waals surface area contributed by atoms with Gasteiger partial charge in [-0.25, -0.2) is 12.7 Å². The zero-order valence-corrected chi connectivity index (χ0v) is 19.1. The van der Waals surface area contributed by atoms with Crippen molar-refractivity contribution < 1.29 is 13.2 Å². The number of aromatic nitrogens is 2. The minimum absolute atomic E-state index is 0.0265. The number of nitrogens with zero attached hydrogens (tertiary/aromatic N) is 3. The van der Waals surface area contributed by atoms with Crippen molar-refractivity contribution in [3.8, 4) is 0 Å². The van der Waals surface area contributed by atoms with Crippen LogP contribution < -0.4 is 5.32 Å². The van der Waals surface area contributed by atoms with Crippen molar-refractivity contribution in [3.63, 3.8) is 0 Å². The number of hydrogen-bond acceptors (Lipinski definition) is 5. The van der Waals surface area contributed by atoms with Gasteiger partial charge in [0.2, 0.25) is 10.0 Å². The summed E-state index contributed by atoms with van der Waals surface area (Å²) >= 11 is 7.70. The number of halogens is 1. The summed E-state index contributed by atoms with van der Waals surface area (Å²) in [7, 11) is -3.17. The molecule has 1 fully saturated rings. The van der Waals surface area contributed by atoms with E-state index >= 15 is 0 Å². The standard InChI is InChI=1S/C20H23ClN4O3S2/c1-13-16-11-18(19(26)22-15-7-9-24(10-8-15)30(2,27)28)29-20(16)25(23-13)12-14-5-3-4-6-17(14)21/h3-6,11,15H,7-10,12H2,1-2H3,(H,22,26). The number of piperidine rings is 1. The fourth-order valence-electron chi connectivity index (χ4n) is 3.71. The minimum atomic E-state index is -3.17. The Labute approximate surface area is 184 Å². The first-order valence-corrected chi connectivity index (χ1v) is 12.7. The van der Waals surface area contributed by atoms with Gasteiger partial charge in [0.05, 0.1) is 23.4 Å². The van der Waals surface area contributed by atoms with Crippen LogP contribution in [0.3, 0.4) is 0 Å². The predicted molar refractivity (Wildman–Crippen MR) is 120 cm³/mol. The number of carbonyl (C=O) groups excluding carboxylic acids is 1. The Morgan fingerprint density at radius 1 is 1.30 bits per heavy atom. The molecule has 0 unspecified atom stereocenters. The molecule has 160 valence electrons. The molecule has 3 heterocycles. The maximum Gasteiger partial charge on any atom is 0.261 e. The van der Waals surface area contributed by atoms with Crippen LogP contribution in [0, 0.1) is 6.92 Å². The van der Waals surface area contributed by atoms with Gasteiger partial charge in [0.1, 0.15) is 4.83 Å². The highest BCUT2D eigenvalue weighted by Crippen LogP contribution is 2.30. The van der Waals surface area contributed by atoms with Crippen LogP contribution in [0.2, 0.25) is 5.02 Å². The van der Waals surface area contributed by atoms with Crippen LogP contribution >= 0.6 is 22.9 Å². The second kappa shape index (κ2) is 8.30. The van der Waals surface area contributed by atoms with Gasteiger partial charge in [0.25, 0.3) is 5.91 Å². The van der Waals surface area contributed by atoms with E-state index in [2.05, 4.69) is 10.4 Å². The van der Waals surface area contributed by atoms with Gasteiger partial charge in [0, 0.05) is 29.5 Å². The van der Waals surface area contributed by atoms with E-state index in [1.807, 2.05) is 41.9 Å².